The Kier molecular flexibility index (Phi) is 5.40. The maximum absolute atomic E-state index is 3.77. The number of hydrogen-bond donors (Lipinski definition) is 1. The van der Waals surface area contributed by atoms with Crippen LogP contribution in [0.2, 0.25) is 0 Å². The lowest BCUT2D eigenvalue weighted by Gasteiger charge is -2.45. The molecule has 1 aliphatic carbocycles. The predicted octanol–water partition coefficient (Wildman–Crippen LogP) is 3.12. The van der Waals surface area contributed by atoms with Crippen LogP contribution in [-0.4, -0.2) is 47.1 Å². The molecule has 0 aromatic rings. The smallest absolute Gasteiger partial charge is 0.0304 e. The van der Waals surface area contributed by atoms with Crippen LogP contribution in [0.4, 0.5) is 0 Å². The average molecular weight is 270 g/mol. The molecule has 2 rings (SSSR count). The Morgan fingerprint density at radius 3 is 2.67 bits per heavy atom. The Bertz CT molecular complexity index is 253. The second-order valence-corrected chi connectivity index (χ2v) is 7.51. The Labute approximate surface area is 117 Å². The Hall–Kier alpha value is 0.270. The van der Waals surface area contributed by atoms with Gasteiger partial charge in [0.05, 0.1) is 0 Å². The summed E-state index contributed by atoms with van der Waals surface area (Å²) < 4.78 is 0. The predicted molar refractivity (Wildman–Crippen MR) is 82.4 cm³/mol. The topological polar surface area (TPSA) is 15.3 Å². The van der Waals surface area contributed by atoms with Gasteiger partial charge in [-0.05, 0) is 37.9 Å². The van der Waals surface area contributed by atoms with Gasteiger partial charge in [-0.1, -0.05) is 20.8 Å². The third kappa shape index (κ3) is 3.23. The third-order valence-corrected chi connectivity index (χ3v) is 6.27. The van der Waals surface area contributed by atoms with Gasteiger partial charge in [-0.25, -0.2) is 0 Å². The van der Waals surface area contributed by atoms with Crippen LogP contribution in [-0.2, 0) is 0 Å². The summed E-state index contributed by atoms with van der Waals surface area (Å²) in [6, 6.07) is 0.869. The fourth-order valence-corrected chi connectivity index (χ4v) is 4.79. The molecule has 2 nitrogen and oxygen atoms in total. The van der Waals surface area contributed by atoms with E-state index in [0.29, 0.717) is 5.54 Å². The van der Waals surface area contributed by atoms with E-state index in [2.05, 4.69) is 42.7 Å². The van der Waals surface area contributed by atoms with Crippen LogP contribution < -0.4 is 5.32 Å². The normalized spacial score (nSPS) is 32.8. The van der Waals surface area contributed by atoms with Crippen molar-refractivity contribution in [2.75, 3.05) is 25.4 Å². The summed E-state index contributed by atoms with van der Waals surface area (Å²) in [7, 11) is 0. The monoisotopic (exact) mass is 270 g/mol. The van der Waals surface area contributed by atoms with E-state index in [4.69, 9.17) is 0 Å². The quantitative estimate of drug-likeness (QED) is 0.826. The van der Waals surface area contributed by atoms with Gasteiger partial charge >= 0.3 is 0 Å². The fourth-order valence-electron chi connectivity index (χ4n) is 3.66. The van der Waals surface area contributed by atoms with Gasteiger partial charge in [0.15, 0.2) is 0 Å². The maximum Gasteiger partial charge on any atom is 0.0304 e. The molecule has 3 heteroatoms. The molecule has 1 N–H and O–H groups in total. The number of nitrogens with zero attached hydrogens (tertiary/aromatic N) is 1. The first-order chi connectivity index (χ1) is 8.73. The summed E-state index contributed by atoms with van der Waals surface area (Å²) in [5.74, 6) is 1.28. The molecular weight excluding hydrogens is 240 g/mol. The lowest BCUT2D eigenvalue weighted by molar-refractivity contribution is 0.0878. The molecule has 0 aromatic heterocycles. The highest BCUT2D eigenvalue weighted by Gasteiger charge is 2.37. The largest absolute Gasteiger partial charge is 0.309 e. The molecule has 1 heterocycles. The molecule has 106 valence electrons. The molecule has 18 heavy (non-hydrogen) atoms. The van der Waals surface area contributed by atoms with E-state index >= 15 is 0 Å². The van der Waals surface area contributed by atoms with Gasteiger partial charge in [-0.2, -0.15) is 11.8 Å². The summed E-state index contributed by atoms with van der Waals surface area (Å²) >= 11 is 2.18. The van der Waals surface area contributed by atoms with Gasteiger partial charge in [0.25, 0.3) is 0 Å². The Balaban J connectivity index is 1.89. The summed E-state index contributed by atoms with van der Waals surface area (Å²) in [4.78, 5) is 2.79. The minimum Gasteiger partial charge on any atom is -0.309 e. The first kappa shape index (κ1) is 14.7. The van der Waals surface area contributed by atoms with Crippen molar-refractivity contribution in [2.24, 2.45) is 0 Å². The minimum atomic E-state index is 0.397. The van der Waals surface area contributed by atoms with E-state index in [-0.39, 0.29) is 0 Å². The summed E-state index contributed by atoms with van der Waals surface area (Å²) in [6.45, 7) is 10.7. The second-order valence-electron chi connectivity index (χ2n) is 5.93. The van der Waals surface area contributed by atoms with Crippen molar-refractivity contribution >= 4 is 11.8 Å². The highest BCUT2D eigenvalue weighted by Crippen LogP contribution is 2.34. The number of piperazine rings is 1. The van der Waals surface area contributed by atoms with Crippen molar-refractivity contribution in [3.05, 3.63) is 0 Å². The van der Waals surface area contributed by atoms with E-state index < -0.39 is 0 Å². The number of rotatable bonds is 5. The molecule has 0 radical (unpaired) electrons. The van der Waals surface area contributed by atoms with Crippen molar-refractivity contribution in [3.63, 3.8) is 0 Å². The van der Waals surface area contributed by atoms with Crippen LogP contribution >= 0.6 is 11.8 Å². The summed E-state index contributed by atoms with van der Waals surface area (Å²) in [6.07, 6.45) is 6.83. The number of thioether (sulfide) groups is 1. The van der Waals surface area contributed by atoms with Gasteiger partial charge in [-0.15, -0.1) is 0 Å². The first-order valence-corrected chi connectivity index (χ1v) is 8.88. The van der Waals surface area contributed by atoms with Crippen molar-refractivity contribution in [2.45, 2.75) is 69.7 Å². The number of hydrogen-bond acceptors (Lipinski definition) is 3. The molecule has 0 spiro atoms. The number of nitrogens with one attached hydrogen (secondary N) is 1. The van der Waals surface area contributed by atoms with Crippen LogP contribution in [0.1, 0.15) is 52.9 Å². The van der Waals surface area contributed by atoms with Crippen molar-refractivity contribution in [3.8, 4) is 0 Å². The molecule has 1 aliphatic heterocycles. The molecule has 0 bridgehead atoms. The van der Waals surface area contributed by atoms with Crippen LogP contribution in [0.5, 0.6) is 0 Å². The second kappa shape index (κ2) is 6.62. The van der Waals surface area contributed by atoms with Gasteiger partial charge in [0, 0.05) is 36.5 Å². The highest BCUT2D eigenvalue weighted by molar-refractivity contribution is 7.99. The first-order valence-electron chi connectivity index (χ1n) is 7.83. The standard InChI is InChI=1S/C15H30N2S/c1-4-15(5-2)12-17(10-9-16-15)13-7-8-14(11-13)18-6-3/h13-14,16H,4-12H2,1-3H3. The van der Waals surface area contributed by atoms with Crippen LogP contribution in [0.15, 0.2) is 0 Å². The minimum absolute atomic E-state index is 0.397. The van der Waals surface area contributed by atoms with E-state index in [1.54, 1.807) is 0 Å². The molecule has 2 atom stereocenters. The Morgan fingerprint density at radius 1 is 1.22 bits per heavy atom. The molecule has 0 amide bonds. The van der Waals surface area contributed by atoms with Crippen LogP contribution in [0, 0.1) is 0 Å². The van der Waals surface area contributed by atoms with E-state index in [0.717, 1.165) is 11.3 Å². The van der Waals surface area contributed by atoms with Crippen molar-refractivity contribution < 1.29 is 0 Å². The average Bonchev–Trinajstić information content (AvgIpc) is 2.88. The Morgan fingerprint density at radius 2 is 2.00 bits per heavy atom. The lowest BCUT2D eigenvalue weighted by atomic mass is 9.89. The van der Waals surface area contributed by atoms with Gasteiger partial charge in [0.2, 0.25) is 0 Å². The van der Waals surface area contributed by atoms with Crippen molar-refractivity contribution in [1.82, 2.24) is 10.2 Å². The molecule has 2 fully saturated rings. The van der Waals surface area contributed by atoms with Gasteiger partial charge in [0.1, 0.15) is 0 Å². The molecule has 1 saturated carbocycles. The zero-order chi connectivity index (χ0) is 13.0. The summed E-state index contributed by atoms with van der Waals surface area (Å²) in [5.41, 5.74) is 0.397. The SMILES string of the molecule is CCSC1CCC(N2CCNC(CC)(CC)C2)C1. The van der Waals surface area contributed by atoms with Gasteiger partial charge in [-0.3, -0.25) is 4.90 Å². The molecular formula is C15H30N2S. The van der Waals surface area contributed by atoms with E-state index in [1.807, 2.05) is 0 Å². The zero-order valence-corrected chi connectivity index (χ0v) is 13.2. The third-order valence-electron chi connectivity index (χ3n) is 5.03. The van der Waals surface area contributed by atoms with E-state index in [9.17, 15) is 0 Å². The lowest BCUT2D eigenvalue weighted by Crippen LogP contribution is -2.61. The molecule has 1 saturated heterocycles. The highest BCUT2D eigenvalue weighted by atomic mass is 32.2. The van der Waals surface area contributed by atoms with Gasteiger partial charge < -0.3 is 5.32 Å². The zero-order valence-electron chi connectivity index (χ0n) is 12.4. The van der Waals surface area contributed by atoms with Crippen LogP contribution in [0.25, 0.3) is 0 Å². The van der Waals surface area contributed by atoms with E-state index in [1.165, 1.54) is 57.5 Å². The molecule has 0 aromatic carbocycles. The molecule has 2 aliphatic rings. The fraction of sp³-hybridized carbons (Fsp3) is 1.00. The van der Waals surface area contributed by atoms with Crippen molar-refractivity contribution in [1.29, 1.82) is 0 Å². The summed E-state index contributed by atoms with van der Waals surface area (Å²) in [5, 5.41) is 4.71. The van der Waals surface area contributed by atoms with Crippen LogP contribution in [0.3, 0.4) is 0 Å². The maximum atomic E-state index is 3.77. The molecule has 2 unspecified atom stereocenters.